The zero-order chi connectivity index (χ0) is 23.5. The molecule has 7 nitrogen and oxygen atoms in total. The zero-order valence-electron chi connectivity index (χ0n) is 16.3. The quantitative estimate of drug-likeness (QED) is 0.205. The summed E-state index contributed by atoms with van der Waals surface area (Å²) in [5.74, 6) is -0.590. The van der Waals surface area contributed by atoms with Crippen LogP contribution in [-0.2, 0) is 11.0 Å². The molecule has 0 aliphatic carbocycles. The first-order chi connectivity index (χ1) is 15.0. The Morgan fingerprint density at radius 1 is 1.16 bits per heavy atom. The van der Waals surface area contributed by atoms with E-state index >= 15 is 0 Å². The molecule has 3 aromatic rings. The number of thioether (sulfide) groups is 1. The average Bonchev–Trinajstić information content (AvgIpc) is 2.74. The zero-order valence-corrected chi connectivity index (χ0v) is 17.8. The molecule has 2 aromatic carbocycles. The van der Waals surface area contributed by atoms with E-state index in [1.165, 1.54) is 19.1 Å². The van der Waals surface area contributed by atoms with Gasteiger partial charge in [-0.25, -0.2) is 9.97 Å². The number of alkyl halides is 3. The van der Waals surface area contributed by atoms with Crippen LogP contribution < -0.4 is 5.32 Å². The van der Waals surface area contributed by atoms with Crippen LogP contribution in [0.2, 0.25) is 5.02 Å². The Balaban J connectivity index is 1.82. The fourth-order valence-electron chi connectivity index (χ4n) is 2.54. The Labute approximate surface area is 189 Å². The van der Waals surface area contributed by atoms with Crippen LogP contribution >= 0.6 is 23.4 Å². The lowest BCUT2D eigenvalue weighted by molar-refractivity contribution is -0.384. The molecule has 32 heavy (non-hydrogen) atoms. The molecule has 0 aliphatic rings. The first-order valence-electron chi connectivity index (χ1n) is 8.98. The Kier molecular flexibility index (Phi) is 6.99. The lowest BCUT2D eigenvalue weighted by atomic mass is 10.1. The van der Waals surface area contributed by atoms with Gasteiger partial charge in [0, 0.05) is 17.7 Å². The van der Waals surface area contributed by atoms with Crippen LogP contribution in [0.15, 0.2) is 59.8 Å². The molecule has 0 spiro atoms. The van der Waals surface area contributed by atoms with E-state index in [1.807, 2.05) is 0 Å². The van der Waals surface area contributed by atoms with E-state index in [4.69, 9.17) is 11.6 Å². The number of nitrogens with zero attached hydrogens (tertiary/aromatic N) is 3. The summed E-state index contributed by atoms with van der Waals surface area (Å²) in [6, 6.07) is 12.7. The maximum Gasteiger partial charge on any atom is 0.433 e. The average molecular weight is 483 g/mol. The van der Waals surface area contributed by atoms with E-state index in [2.05, 4.69) is 15.3 Å². The van der Waals surface area contributed by atoms with Crippen LogP contribution in [0.25, 0.3) is 11.3 Å². The summed E-state index contributed by atoms with van der Waals surface area (Å²) in [5.41, 5.74) is -0.704. The van der Waals surface area contributed by atoms with Crippen molar-refractivity contribution in [2.45, 2.75) is 23.5 Å². The number of nitro groups is 1. The predicted octanol–water partition coefficient (Wildman–Crippen LogP) is 5.84. The van der Waals surface area contributed by atoms with Crippen molar-refractivity contribution in [3.63, 3.8) is 0 Å². The molecule has 0 bridgehead atoms. The Bertz CT molecular complexity index is 1160. The van der Waals surface area contributed by atoms with Gasteiger partial charge in [-0.1, -0.05) is 53.7 Å². The van der Waals surface area contributed by atoms with Crippen LogP contribution in [0.4, 0.5) is 24.5 Å². The van der Waals surface area contributed by atoms with Crippen molar-refractivity contribution in [2.24, 2.45) is 0 Å². The second-order valence-electron chi connectivity index (χ2n) is 6.46. The predicted molar refractivity (Wildman–Crippen MR) is 115 cm³/mol. The normalized spacial score (nSPS) is 12.3. The van der Waals surface area contributed by atoms with Gasteiger partial charge in [-0.05, 0) is 19.1 Å². The molecule has 0 saturated heterocycles. The SMILES string of the molecule is C[C@@H](Sc1nc(-c2ccccc2)cc(C(F)(F)F)n1)C(=O)Nc1ccc([N+](=O)[O-])cc1Cl. The minimum atomic E-state index is -4.69. The second-order valence-corrected chi connectivity index (χ2v) is 8.17. The molecule has 1 amide bonds. The van der Waals surface area contributed by atoms with E-state index in [0.717, 1.165) is 23.9 Å². The highest BCUT2D eigenvalue weighted by molar-refractivity contribution is 8.00. The third-order valence-corrected chi connectivity index (χ3v) is 5.41. The third-order valence-electron chi connectivity index (χ3n) is 4.14. The number of carbonyl (C=O) groups is 1. The van der Waals surface area contributed by atoms with Gasteiger partial charge in [0.05, 0.1) is 26.6 Å². The van der Waals surface area contributed by atoms with Crippen molar-refractivity contribution >= 4 is 40.6 Å². The maximum absolute atomic E-state index is 13.3. The molecular formula is C20H14ClF3N4O3S. The summed E-state index contributed by atoms with van der Waals surface area (Å²) >= 11 is 6.70. The van der Waals surface area contributed by atoms with Crippen molar-refractivity contribution in [2.75, 3.05) is 5.32 Å². The molecule has 1 N–H and O–H groups in total. The molecular weight excluding hydrogens is 469 g/mol. The van der Waals surface area contributed by atoms with Gasteiger partial charge in [-0.15, -0.1) is 0 Å². The van der Waals surface area contributed by atoms with Gasteiger partial charge in [0.25, 0.3) is 5.69 Å². The second kappa shape index (κ2) is 9.53. The molecule has 0 radical (unpaired) electrons. The van der Waals surface area contributed by atoms with Crippen LogP contribution in [-0.4, -0.2) is 26.0 Å². The van der Waals surface area contributed by atoms with Crippen molar-refractivity contribution in [1.29, 1.82) is 0 Å². The fourth-order valence-corrected chi connectivity index (χ4v) is 3.55. The van der Waals surface area contributed by atoms with E-state index in [1.54, 1.807) is 30.3 Å². The molecule has 3 rings (SSSR count). The number of non-ortho nitro benzene ring substituents is 1. The van der Waals surface area contributed by atoms with Crippen LogP contribution in [0.5, 0.6) is 0 Å². The van der Waals surface area contributed by atoms with Gasteiger partial charge in [0.15, 0.2) is 5.16 Å². The third kappa shape index (κ3) is 5.74. The molecule has 0 fully saturated rings. The first-order valence-corrected chi connectivity index (χ1v) is 10.2. The highest BCUT2D eigenvalue weighted by Crippen LogP contribution is 2.33. The fraction of sp³-hybridized carbons (Fsp3) is 0.150. The number of aromatic nitrogens is 2. The van der Waals surface area contributed by atoms with Crippen molar-refractivity contribution in [3.8, 4) is 11.3 Å². The number of carbonyl (C=O) groups excluding carboxylic acids is 1. The van der Waals surface area contributed by atoms with Gasteiger partial charge in [0.2, 0.25) is 5.91 Å². The number of hydrogen-bond acceptors (Lipinski definition) is 6. The van der Waals surface area contributed by atoms with Gasteiger partial charge in [-0.2, -0.15) is 13.2 Å². The van der Waals surface area contributed by atoms with E-state index in [0.29, 0.717) is 5.56 Å². The number of anilines is 1. The van der Waals surface area contributed by atoms with E-state index < -0.39 is 28.0 Å². The molecule has 1 atom stereocenters. The molecule has 0 saturated carbocycles. The molecule has 0 unspecified atom stereocenters. The number of nitrogens with one attached hydrogen (secondary N) is 1. The lowest BCUT2D eigenvalue weighted by Crippen LogP contribution is -2.23. The lowest BCUT2D eigenvalue weighted by Gasteiger charge is -2.14. The van der Waals surface area contributed by atoms with Gasteiger partial charge >= 0.3 is 6.18 Å². The Morgan fingerprint density at radius 2 is 1.84 bits per heavy atom. The van der Waals surface area contributed by atoms with Crippen LogP contribution in [0.3, 0.4) is 0 Å². The highest BCUT2D eigenvalue weighted by atomic mass is 35.5. The van der Waals surface area contributed by atoms with Crippen molar-refractivity contribution in [3.05, 3.63) is 75.4 Å². The number of benzene rings is 2. The minimum Gasteiger partial charge on any atom is -0.324 e. The van der Waals surface area contributed by atoms with Gasteiger partial charge in [0.1, 0.15) is 5.69 Å². The van der Waals surface area contributed by atoms with Gasteiger partial charge in [-0.3, -0.25) is 14.9 Å². The summed E-state index contributed by atoms with van der Waals surface area (Å²) in [4.78, 5) is 30.4. The first kappa shape index (κ1) is 23.5. The Morgan fingerprint density at radius 3 is 2.44 bits per heavy atom. The highest BCUT2D eigenvalue weighted by Gasteiger charge is 2.34. The monoisotopic (exact) mass is 482 g/mol. The van der Waals surface area contributed by atoms with E-state index in [9.17, 15) is 28.1 Å². The summed E-state index contributed by atoms with van der Waals surface area (Å²) in [6.07, 6.45) is -4.69. The Hall–Kier alpha value is -3.18. The number of nitro benzene ring substituents is 1. The molecule has 12 heteroatoms. The molecule has 0 aliphatic heterocycles. The summed E-state index contributed by atoms with van der Waals surface area (Å²) in [5, 5.41) is 12.1. The number of halogens is 4. The summed E-state index contributed by atoms with van der Waals surface area (Å²) in [7, 11) is 0. The van der Waals surface area contributed by atoms with Crippen LogP contribution in [0.1, 0.15) is 12.6 Å². The topological polar surface area (TPSA) is 98.0 Å². The number of amides is 1. The van der Waals surface area contributed by atoms with E-state index in [-0.39, 0.29) is 27.2 Å². The van der Waals surface area contributed by atoms with Crippen molar-refractivity contribution < 1.29 is 22.9 Å². The summed E-state index contributed by atoms with van der Waals surface area (Å²) < 4.78 is 40.0. The molecule has 1 aromatic heterocycles. The number of hydrogen-bond donors (Lipinski definition) is 1. The number of rotatable bonds is 6. The van der Waals surface area contributed by atoms with Gasteiger partial charge < -0.3 is 5.32 Å². The smallest absolute Gasteiger partial charge is 0.324 e. The van der Waals surface area contributed by atoms with Crippen molar-refractivity contribution in [1.82, 2.24) is 9.97 Å². The molecule has 166 valence electrons. The largest absolute Gasteiger partial charge is 0.433 e. The molecule has 1 heterocycles. The summed E-state index contributed by atoms with van der Waals surface area (Å²) in [6.45, 7) is 1.46. The maximum atomic E-state index is 13.3. The standard InChI is InChI=1S/C20H14ClF3N4O3S/c1-11(18(29)25-15-8-7-13(28(30)31)9-14(15)21)32-19-26-16(12-5-3-2-4-6-12)10-17(27-19)20(22,23)24/h2-11H,1H3,(H,25,29)/t11-/m1/s1. The minimum absolute atomic E-state index is 0.0496. The van der Waals surface area contributed by atoms with Crippen LogP contribution in [0, 0.1) is 10.1 Å².